The molecule has 6 nitrogen and oxygen atoms in total. The number of pyridine rings is 1. The number of nitrogens with zero attached hydrogens (tertiary/aromatic N) is 3. The monoisotopic (exact) mass is 563 g/mol. The normalized spacial score (nSPS) is 18.6. The molecule has 2 heterocycles. The Balaban J connectivity index is 0.000000336. The average Bonchev–Trinajstić information content (AvgIpc) is 3.28. The summed E-state index contributed by atoms with van der Waals surface area (Å²) in [7, 11) is 0. The van der Waals surface area contributed by atoms with E-state index in [1.807, 2.05) is 61.5 Å². The molecule has 4 aliphatic rings. The highest BCUT2D eigenvalue weighted by Crippen LogP contribution is 2.37. The fourth-order valence-electron chi connectivity index (χ4n) is 5.32. The summed E-state index contributed by atoms with van der Waals surface area (Å²) in [5.41, 5.74) is 7.74. The van der Waals surface area contributed by atoms with Crippen molar-refractivity contribution in [3.63, 3.8) is 0 Å². The predicted octanol–water partition coefficient (Wildman–Crippen LogP) is 8.28. The number of nitrogens with one attached hydrogen (secondary N) is 2. The molecule has 3 aliphatic carbocycles. The van der Waals surface area contributed by atoms with Gasteiger partial charge >= 0.3 is 0 Å². The lowest BCUT2D eigenvalue weighted by Crippen LogP contribution is -2.28. The van der Waals surface area contributed by atoms with Crippen LogP contribution in [-0.4, -0.2) is 35.3 Å². The molecule has 42 heavy (non-hydrogen) atoms. The average molecular weight is 564 g/mol. The van der Waals surface area contributed by atoms with Gasteiger partial charge in [-0.2, -0.15) is 0 Å². The van der Waals surface area contributed by atoms with Crippen molar-refractivity contribution in [1.82, 2.24) is 4.98 Å². The lowest BCUT2D eigenvalue weighted by Gasteiger charge is -2.27. The van der Waals surface area contributed by atoms with Crippen LogP contribution in [0.5, 0.6) is 0 Å². The minimum atomic E-state index is -0.233. The van der Waals surface area contributed by atoms with Gasteiger partial charge in [-0.15, -0.1) is 0 Å². The summed E-state index contributed by atoms with van der Waals surface area (Å²) in [6, 6.07) is 11.9. The number of anilines is 2. The molecule has 2 aromatic rings. The second-order valence-electron chi connectivity index (χ2n) is 11.0. The molecule has 0 spiro atoms. The number of allylic oxidation sites excluding steroid dienone is 7. The van der Waals surface area contributed by atoms with E-state index in [1.54, 1.807) is 18.3 Å². The highest BCUT2D eigenvalue weighted by molar-refractivity contribution is 6.24. The summed E-state index contributed by atoms with van der Waals surface area (Å²) >= 11 is 0. The number of hydrogen-bond acceptors (Lipinski definition) is 6. The maximum Gasteiger partial charge on any atom is 0.132 e. The maximum atomic E-state index is 13.8. The standard InChI is InChI=1S/C27H24FN5.C8H14O/c1-18-9-11-22(16-30-18)31-15-19-14-26-20(13-24(19)29)17-33(23-6-4-5-21(28)10-12-23)27-8-3-2-7-25(27)32-26;9-8-6-4-2-1-3-5-7-8/h2-3,5-14,16,29,31H,4,15,17H2,1H3;1-7H2. The van der Waals surface area contributed by atoms with Crippen LogP contribution in [-0.2, 0) is 4.79 Å². The van der Waals surface area contributed by atoms with Gasteiger partial charge in [-0.05, 0) is 92.0 Å². The lowest BCUT2D eigenvalue weighted by atomic mass is 9.95. The van der Waals surface area contributed by atoms with E-state index < -0.39 is 0 Å². The number of aryl methyl sites for hydroxylation is 1. The van der Waals surface area contributed by atoms with E-state index in [0.29, 0.717) is 31.0 Å². The van der Waals surface area contributed by atoms with E-state index in [0.717, 1.165) is 71.0 Å². The summed E-state index contributed by atoms with van der Waals surface area (Å²) in [6.45, 7) is 3.01. The quantitative estimate of drug-likeness (QED) is 0.367. The van der Waals surface area contributed by atoms with Crippen molar-refractivity contribution in [2.75, 3.05) is 23.3 Å². The molecule has 1 aromatic carbocycles. The van der Waals surface area contributed by atoms with Crippen LogP contribution in [0.3, 0.4) is 0 Å². The summed E-state index contributed by atoms with van der Waals surface area (Å²) in [5, 5.41) is 12.0. The number of benzene rings is 1. The lowest BCUT2D eigenvalue weighted by molar-refractivity contribution is -0.119. The topological polar surface area (TPSA) is 81.4 Å². The summed E-state index contributed by atoms with van der Waals surface area (Å²) in [4.78, 5) is 22.2. The van der Waals surface area contributed by atoms with E-state index in [9.17, 15) is 9.18 Å². The van der Waals surface area contributed by atoms with Crippen molar-refractivity contribution in [3.8, 4) is 0 Å². The third kappa shape index (κ3) is 7.66. The second-order valence-corrected chi connectivity index (χ2v) is 11.0. The molecule has 1 fully saturated rings. The number of carbonyl (C=O) groups excluding carboxylic acids is 1. The van der Waals surface area contributed by atoms with Crippen molar-refractivity contribution < 1.29 is 9.18 Å². The fourth-order valence-corrected chi connectivity index (χ4v) is 5.32. The number of para-hydroxylation sites is 2. The molecule has 0 bridgehead atoms. The number of hydrogen-bond donors (Lipinski definition) is 2. The SMILES string of the molecule is Cc1ccc(NCC2=CC3=Nc4ccccc4N(C4=CCC=C(F)C=C4)CC3=CC2=N)cn1.O=C1CCCCCCC1. The highest BCUT2D eigenvalue weighted by Gasteiger charge is 2.25. The van der Waals surface area contributed by atoms with Gasteiger partial charge in [0.2, 0.25) is 0 Å². The van der Waals surface area contributed by atoms with Gasteiger partial charge in [-0.25, -0.2) is 9.38 Å². The fraction of sp³-hybridized carbons (Fsp3) is 0.314. The molecule has 2 N–H and O–H groups in total. The third-order valence-corrected chi connectivity index (χ3v) is 7.72. The number of fused-ring (bicyclic) bond motifs is 2. The molecule has 216 valence electrons. The molecule has 0 atom stereocenters. The Labute approximate surface area is 247 Å². The number of carbonyl (C=O) groups is 1. The van der Waals surface area contributed by atoms with Crippen LogP contribution in [0.2, 0.25) is 0 Å². The molecule has 1 aromatic heterocycles. The van der Waals surface area contributed by atoms with Gasteiger partial charge in [0, 0.05) is 30.8 Å². The maximum absolute atomic E-state index is 13.8. The van der Waals surface area contributed by atoms with Crippen molar-refractivity contribution in [1.29, 1.82) is 5.41 Å². The number of aliphatic imine (C=N–C) groups is 1. The molecule has 1 saturated carbocycles. The van der Waals surface area contributed by atoms with Crippen LogP contribution < -0.4 is 10.2 Å². The van der Waals surface area contributed by atoms with Crippen LogP contribution in [0.15, 0.2) is 107 Å². The van der Waals surface area contributed by atoms with E-state index in [1.165, 1.54) is 25.3 Å². The molecule has 0 amide bonds. The number of rotatable bonds is 4. The number of Topliss-reactive ketones (excluding diaryl/α,β-unsaturated/α-hetero) is 1. The third-order valence-electron chi connectivity index (χ3n) is 7.72. The number of ketones is 1. The van der Waals surface area contributed by atoms with Gasteiger partial charge in [0.1, 0.15) is 11.6 Å². The van der Waals surface area contributed by atoms with Crippen molar-refractivity contribution in [2.45, 2.75) is 58.3 Å². The molecular formula is C35H38FN5O. The van der Waals surface area contributed by atoms with Gasteiger partial charge in [-0.1, -0.05) is 37.5 Å². The molecule has 0 unspecified atom stereocenters. The molecule has 6 rings (SSSR count). The van der Waals surface area contributed by atoms with Gasteiger partial charge in [-0.3, -0.25) is 9.78 Å². The van der Waals surface area contributed by atoms with Crippen LogP contribution >= 0.6 is 0 Å². The summed E-state index contributed by atoms with van der Waals surface area (Å²) in [5.74, 6) is 0.249. The Bertz CT molecular complexity index is 1500. The zero-order chi connectivity index (χ0) is 29.3. The Morgan fingerprint density at radius 3 is 2.55 bits per heavy atom. The Morgan fingerprint density at radius 2 is 1.76 bits per heavy atom. The number of aromatic nitrogens is 1. The largest absolute Gasteiger partial charge is 0.380 e. The zero-order valence-electron chi connectivity index (χ0n) is 24.2. The summed E-state index contributed by atoms with van der Waals surface area (Å²) < 4.78 is 13.8. The molecule has 0 radical (unpaired) electrons. The van der Waals surface area contributed by atoms with Crippen molar-refractivity contribution >= 4 is 34.3 Å². The van der Waals surface area contributed by atoms with Crippen LogP contribution in [0, 0.1) is 12.3 Å². The van der Waals surface area contributed by atoms with E-state index in [4.69, 9.17) is 10.4 Å². The van der Waals surface area contributed by atoms with Gasteiger partial charge in [0.25, 0.3) is 0 Å². The van der Waals surface area contributed by atoms with E-state index in [-0.39, 0.29) is 5.83 Å². The van der Waals surface area contributed by atoms with Crippen molar-refractivity contribution in [2.24, 2.45) is 4.99 Å². The first-order valence-electron chi connectivity index (χ1n) is 14.8. The predicted molar refractivity (Wildman–Crippen MR) is 171 cm³/mol. The number of halogens is 1. The smallest absolute Gasteiger partial charge is 0.132 e. The molecule has 7 heteroatoms. The van der Waals surface area contributed by atoms with E-state index >= 15 is 0 Å². The Morgan fingerprint density at radius 1 is 0.976 bits per heavy atom. The molecule has 0 saturated heterocycles. The zero-order valence-corrected chi connectivity index (χ0v) is 24.2. The molecule has 1 aliphatic heterocycles. The minimum Gasteiger partial charge on any atom is -0.380 e. The van der Waals surface area contributed by atoms with E-state index in [2.05, 4.69) is 15.2 Å². The first-order chi connectivity index (χ1) is 20.5. The van der Waals surface area contributed by atoms with Crippen molar-refractivity contribution in [3.05, 3.63) is 107 Å². The minimum absolute atomic E-state index is 0.233. The van der Waals surface area contributed by atoms with Gasteiger partial charge in [0.15, 0.2) is 0 Å². The van der Waals surface area contributed by atoms with Crippen LogP contribution in [0.4, 0.5) is 21.5 Å². The molecular weight excluding hydrogens is 525 g/mol. The second kappa shape index (κ2) is 14.0. The summed E-state index contributed by atoms with van der Waals surface area (Å²) in [6.07, 6.45) is 20.9. The van der Waals surface area contributed by atoms with Crippen LogP contribution in [0.1, 0.15) is 57.1 Å². The van der Waals surface area contributed by atoms with Crippen LogP contribution in [0.25, 0.3) is 0 Å². The first kappa shape index (κ1) is 29.1. The highest BCUT2D eigenvalue weighted by atomic mass is 19.1. The Hall–Kier alpha value is -4.39. The Kier molecular flexibility index (Phi) is 9.70. The first-order valence-corrected chi connectivity index (χ1v) is 14.8. The van der Waals surface area contributed by atoms with Gasteiger partial charge in [0.05, 0.1) is 41.2 Å². The van der Waals surface area contributed by atoms with Gasteiger partial charge < -0.3 is 15.6 Å².